The largest absolute Gasteiger partial charge is 0.394 e. The first-order valence-corrected chi connectivity index (χ1v) is 16.1. The average Bonchev–Trinajstić information content (AvgIpc) is 3.59. The van der Waals surface area contributed by atoms with Crippen molar-refractivity contribution >= 4 is 62.7 Å². The van der Waals surface area contributed by atoms with Crippen molar-refractivity contribution in [3.8, 4) is 0 Å². The van der Waals surface area contributed by atoms with Gasteiger partial charge >= 0.3 is 0 Å². The molecule has 3 aliphatic heterocycles. The van der Waals surface area contributed by atoms with E-state index in [0.29, 0.717) is 23.7 Å². The predicted octanol–water partition coefficient (Wildman–Crippen LogP) is 5.10. The number of benzene rings is 3. The Morgan fingerprint density at radius 1 is 1.07 bits per heavy atom. The number of hydrogen-bond acceptors (Lipinski definition) is 5. The lowest BCUT2D eigenvalue weighted by molar-refractivity contribution is -0.142. The molecule has 218 valence electrons. The molecule has 6 rings (SSSR count). The van der Waals surface area contributed by atoms with E-state index >= 15 is 0 Å². The average molecular weight is 669 g/mol. The number of aliphatic hydroxyl groups is 1. The van der Waals surface area contributed by atoms with Gasteiger partial charge in [-0.05, 0) is 36.1 Å². The molecule has 42 heavy (non-hydrogen) atoms. The summed E-state index contributed by atoms with van der Waals surface area (Å²) in [4.78, 5) is 44.2. The lowest BCUT2D eigenvalue weighted by Crippen LogP contribution is -2.53. The van der Waals surface area contributed by atoms with E-state index in [1.165, 1.54) is 4.90 Å². The first kappa shape index (κ1) is 29.2. The lowest BCUT2D eigenvalue weighted by Gasteiger charge is -2.37. The molecule has 3 heterocycles. The normalized spacial score (nSPS) is 28.4. The Kier molecular flexibility index (Phi) is 8.13. The Labute approximate surface area is 262 Å². The number of amides is 3. The summed E-state index contributed by atoms with van der Waals surface area (Å²) >= 11 is 11.9. The van der Waals surface area contributed by atoms with Gasteiger partial charge in [-0.15, -0.1) is 11.8 Å². The van der Waals surface area contributed by atoms with Crippen LogP contribution in [0.1, 0.15) is 29.2 Å². The quantitative estimate of drug-likeness (QED) is 0.290. The summed E-state index contributed by atoms with van der Waals surface area (Å²) in [6.07, 6.45) is 0.532. The zero-order valence-corrected chi connectivity index (χ0v) is 26.0. The third-order valence-corrected chi connectivity index (χ3v) is 12.3. The molecule has 7 nitrogen and oxygen atoms in total. The van der Waals surface area contributed by atoms with Crippen LogP contribution in [0.25, 0.3) is 0 Å². The van der Waals surface area contributed by atoms with E-state index in [1.54, 1.807) is 17.8 Å². The third kappa shape index (κ3) is 4.84. The van der Waals surface area contributed by atoms with Crippen LogP contribution in [0.15, 0.2) is 78.9 Å². The number of aliphatic hydroxyl groups excluding tert-OH is 1. The summed E-state index contributed by atoms with van der Waals surface area (Å²) in [6.45, 7) is 1.83. The van der Waals surface area contributed by atoms with E-state index in [4.69, 9.17) is 11.6 Å². The maximum atomic E-state index is 14.5. The summed E-state index contributed by atoms with van der Waals surface area (Å²) in [5.74, 6) is -2.23. The highest BCUT2D eigenvalue weighted by molar-refractivity contribution is 9.09. The van der Waals surface area contributed by atoms with Gasteiger partial charge in [0.1, 0.15) is 6.04 Å². The first-order valence-electron chi connectivity index (χ1n) is 13.9. The number of para-hydroxylation sites is 1. The van der Waals surface area contributed by atoms with E-state index in [-0.39, 0.29) is 34.4 Å². The molecule has 0 aliphatic carbocycles. The number of alkyl halides is 1. The number of nitrogens with one attached hydrogen (secondary N) is 2. The van der Waals surface area contributed by atoms with Gasteiger partial charge in [0.05, 0.1) is 39.9 Å². The second-order valence-electron chi connectivity index (χ2n) is 11.1. The highest BCUT2D eigenvalue weighted by Crippen LogP contribution is 2.68. The van der Waals surface area contributed by atoms with Gasteiger partial charge in [-0.25, -0.2) is 0 Å². The highest BCUT2D eigenvalue weighted by Gasteiger charge is 2.76. The molecule has 3 amide bonds. The first-order chi connectivity index (χ1) is 20.3. The van der Waals surface area contributed by atoms with Crippen LogP contribution in [0.4, 0.5) is 5.69 Å². The maximum Gasteiger partial charge on any atom is 0.248 e. The van der Waals surface area contributed by atoms with Crippen LogP contribution in [0.3, 0.4) is 0 Å². The number of rotatable bonds is 8. The van der Waals surface area contributed by atoms with Crippen LogP contribution in [0.2, 0.25) is 5.02 Å². The highest BCUT2D eigenvalue weighted by atomic mass is 79.9. The number of halogens is 2. The molecule has 10 heteroatoms. The van der Waals surface area contributed by atoms with Crippen LogP contribution >= 0.6 is 39.3 Å². The van der Waals surface area contributed by atoms with Crippen molar-refractivity contribution in [3.63, 3.8) is 0 Å². The van der Waals surface area contributed by atoms with E-state index in [9.17, 15) is 19.5 Å². The lowest BCUT2D eigenvalue weighted by atomic mass is 9.70. The van der Waals surface area contributed by atoms with E-state index < -0.39 is 28.7 Å². The molecule has 3 aliphatic rings. The van der Waals surface area contributed by atoms with Crippen molar-refractivity contribution in [2.45, 2.75) is 46.8 Å². The zero-order chi connectivity index (χ0) is 29.6. The molecule has 3 saturated heterocycles. The van der Waals surface area contributed by atoms with Crippen LogP contribution in [0.5, 0.6) is 0 Å². The zero-order valence-electron chi connectivity index (χ0n) is 22.9. The van der Waals surface area contributed by atoms with E-state index in [2.05, 4.69) is 26.6 Å². The summed E-state index contributed by atoms with van der Waals surface area (Å²) in [5, 5.41) is 17.0. The number of thioether (sulfide) groups is 1. The van der Waals surface area contributed by atoms with Crippen molar-refractivity contribution in [1.29, 1.82) is 0 Å². The van der Waals surface area contributed by atoms with Crippen LogP contribution in [0, 0.1) is 18.8 Å². The summed E-state index contributed by atoms with van der Waals surface area (Å²) in [5.41, 5.74) is 2.96. The molecular formula is C32H31BrClN3O4S. The summed E-state index contributed by atoms with van der Waals surface area (Å²) < 4.78 is -0.869. The van der Waals surface area contributed by atoms with Crippen molar-refractivity contribution in [2.24, 2.45) is 11.8 Å². The minimum Gasteiger partial charge on any atom is -0.394 e. The number of aryl methyl sites for hydroxylation is 1. The summed E-state index contributed by atoms with van der Waals surface area (Å²) in [6, 6.07) is 22.5. The number of carbonyl (C=O) groups is 3. The molecular weight excluding hydrogens is 638 g/mol. The maximum absolute atomic E-state index is 14.5. The van der Waals surface area contributed by atoms with Crippen molar-refractivity contribution in [1.82, 2.24) is 10.2 Å². The molecule has 0 aromatic heterocycles. The van der Waals surface area contributed by atoms with Gasteiger partial charge in [0.15, 0.2) is 0 Å². The molecule has 3 N–H and O–H groups in total. The standard InChI is InChI=1S/C32H31BrClN3O4S/c1-18-9-8-14-22(34)26(18)36-30(40)28-32-15-21(33)27(42-32)24(29(39)35-16-19-10-4-2-5-11-19)25(32)31(41)37(28)23(17-38)20-12-6-3-7-13-20/h2-14,21,23-25,27-28,38H,15-17H2,1H3,(H,35,39)(H,36,40)/t21?,23-,24+,25+,27+,28?,32?/m1/s1. The Morgan fingerprint density at radius 2 is 1.76 bits per heavy atom. The van der Waals surface area contributed by atoms with Crippen LogP contribution in [-0.4, -0.2) is 55.2 Å². The fraction of sp³-hybridized carbons (Fsp3) is 0.344. The fourth-order valence-electron chi connectivity index (χ4n) is 6.92. The molecule has 3 aromatic carbocycles. The number of nitrogens with zero attached hydrogens (tertiary/aromatic N) is 1. The molecule has 0 saturated carbocycles. The van der Waals surface area contributed by atoms with Gasteiger partial charge in [-0.2, -0.15) is 0 Å². The van der Waals surface area contributed by atoms with Crippen LogP contribution in [-0.2, 0) is 20.9 Å². The monoisotopic (exact) mass is 667 g/mol. The number of carbonyl (C=O) groups excluding carboxylic acids is 3. The van der Waals surface area contributed by atoms with Gasteiger partial charge in [0, 0.05) is 16.6 Å². The third-order valence-electron chi connectivity index (χ3n) is 8.75. The molecule has 0 radical (unpaired) electrons. The van der Waals surface area contributed by atoms with Crippen molar-refractivity contribution in [3.05, 3.63) is 101 Å². The molecule has 3 unspecified atom stereocenters. The van der Waals surface area contributed by atoms with Gasteiger partial charge in [0.25, 0.3) is 0 Å². The molecule has 7 atom stereocenters. The van der Waals surface area contributed by atoms with Gasteiger partial charge in [-0.1, -0.05) is 100 Å². The number of fused-ring (bicyclic) bond motifs is 1. The predicted molar refractivity (Wildman–Crippen MR) is 168 cm³/mol. The molecule has 1 spiro atoms. The van der Waals surface area contributed by atoms with E-state index in [0.717, 1.165) is 16.7 Å². The summed E-state index contributed by atoms with van der Waals surface area (Å²) in [7, 11) is 0. The second kappa shape index (κ2) is 11.7. The van der Waals surface area contributed by atoms with Gasteiger partial charge in [-0.3, -0.25) is 14.4 Å². The number of hydrogen-bond donors (Lipinski definition) is 3. The minimum atomic E-state index is -0.940. The Bertz CT molecular complexity index is 1490. The van der Waals surface area contributed by atoms with Crippen LogP contribution < -0.4 is 10.6 Å². The Morgan fingerprint density at radius 3 is 2.43 bits per heavy atom. The Balaban J connectivity index is 1.40. The second-order valence-corrected chi connectivity index (χ2v) is 14.3. The van der Waals surface area contributed by atoms with Crippen molar-refractivity contribution in [2.75, 3.05) is 11.9 Å². The molecule has 3 aromatic rings. The van der Waals surface area contributed by atoms with Gasteiger partial charge < -0.3 is 20.6 Å². The fourth-order valence-corrected chi connectivity index (χ4v) is 10.8. The Hall–Kier alpha value is -2.85. The molecule has 3 fully saturated rings. The van der Waals surface area contributed by atoms with E-state index in [1.807, 2.05) is 79.7 Å². The number of anilines is 1. The SMILES string of the molecule is Cc1cccc(Cl)c1NC(=O)C1N([C@H](CO)c2ccccc2)C(=O)[C@@H]2[C@H](C(=O)NCc3ccccc3)[C@H]3SC12CC3Br. The molecule has 2 bridgehead atoms. The smallest absolute Gasteiger partial charge is 0.248 e. The number of likely N-dealkylation sites (tertiary alicyclic amines) is 1. The minimum absolute atomic E-state index is 0.0689. The van der Waals surface area contributed by atoms with Gasteiger partial charge in [0.2, 0.25) is 17.7 Å². The van der Waals surface area contributed by atoms with Crippen molar-refractivity contribution < 1.29 is 19.5 Å². The topological polar surface area (TPSA) is 98.7 Å².